The zero-order valence-electron chi connectivity index (χ0n) is 15.9. The second-order valence-corrected chi connectivity index (χ2v) is 6.73. The number of aromatic nitrogens is 4. The van der Waals surface area contributed by atoms with Crippen LogP contribution in [-0.4, -0.2) is 38.2 Å². The van der Waals surface area contributed by atoms with Crippen LogP contribution in [0, 0.1) is 0 Å². The first-order valence-corrected chi connectivity index (χ1v) is 9.00. The summed E-state index contributed by atoms with van der Waals surface area (Å²) < 4.78 is 15.6. The lowest BCUT2D eigenvalue weighted by Gasteiger charge is -2.20. The van der Waals surface area contributed by atoms with Gasteiger partial charge in [-0.05, 0) is 29.8 Å². The van der Waals surface area contributed by atoms with Crippen LogP contribution < -0.4 is 21.3 Å². The van der Waals surface area contributed by atoms with E-state index in [4.69, 9.17) is 15.0 Å². The fraction of sp³-hybridized carbons (Fsp3) is 0.211. The van der Waals surface area contributed by atoms with Crippen LogP contribution in [0.4, 0.5) is 5.82 Å². The molecule has 0 aliphatic carbocycles. The third-order valence-corrected chi connectivity index (χ3v) is 5.00. The monoisotopic (exact) mass is 393 g/mol. The molecule has 0 fully saturated rings. The second-order valence-electron chi connectivity index (χ2n) is 6.73. The first-order valence-electron chi connectivity index (χ1n) is 9.00. The third kappa shape index (κ3) is 2.57. The molecule has 1 aliphatic rings. The average molecular weight is 393 g/mol. The Morgan fingerprint density at radius 3 is 2.72 bits per heavy atom. The average Bonchev–Trinajstić information content (AvgIpc) is 3.44. The lowest BCUT2D eigenvalue weighted by molar-refractivity contribution is 0.414. The molecular formula is C19H19N7O3. The summed E-state index contributed by atoms with van der Waals surface area (Å²) in [6.07, 6.45) is 1.58. The number of hydrogen-bond donors (Lipinski definition) is 1. The van der Waals surface area contributed by atoms with E-state index in [-0.39, 0.29) is 12.4 Å². The van der Waals surface area contributed by atoms with Gasteiger partial charge in [-0.25, -0.2) is 19.8 Å². The number of aliphatic imine (C=N–C) groups is 1. The van der Waals surface area contributed by atoms with Crippen LogP contribution in [-0.2, 0) is 13.6 Å². The zero-order chi connectivity index (χ0) is 20.1. The molecule has 1 aliphatic heterocycles. The minimum absolute atomic E-state index is 0.195. The van der Waals surface area contributed by atoms with Crippen molar-refractivity contribution in [3.8, 4) is 5.75 Å². The molecule has 10 heteroatoms. The molecule has 0 bridgehead atoms. The number of nitrogens with zero attached hydrogens (tertiary/aromatic N) is 6. The number of nitrogens with two attached hydrogens (primary N) is 1. The van der Waals surface area contributed by atoms with Gasteiger partial charge in [0.05, 0.1) is 19.9 Å². The summed E-state index contributed by atoms with van der Waals surface area (Å²) in [5, 5.41) is 1.46. The molecule has 1 aromatic carbocycles. The van der Waals surface area contributed by atoms with Crippen LogP contribution in [0.3, 0.4) is 0 Å². The number of rotatable bonds is 4. The first kappa shape index (κ1) is 17.3. The Morgan fingerprint density at radius 2 is 2.03 bits per heavy atom. The van der Waals surface area contributed by atoms with Gasteiger partial charge in [-0.2, -0.15) is 4.98 Å². The molecule has 0 amide bonds. The van der Waals surface area contributed by atoms with Crippen molar-refractivity contribution in [2.45, 2.75) is 6.54 Å². The van der Waals surface area contributed by atoms with Crippen LogP contribution in [0.15, 0.2) is 56.9 Å². The normalized spacial score (nSPS) is 13.6. The number of imidazole rings is 1. The lowest BCUT2D eigenvalue weighted by atomic mass is 10.2. The van der Waals surface area contributed by atoms with Crippen molar-refractivity contribution in [1.82, 2.24) is 18.7 Å². The van der Waals surface area contributed by atoms with E-state index in [2.05, 4.69) is 9.98 Å². The van der Waals surface area contributed by atoms with Crippen LogP contribution >= 0.6 is 0 Å². The maximum atomic E-state index is 13.0. The van der Waals surface area contributed by atoms with E-state index in [0.29, 0.717) is 35.3 Å². The van der Waals surface area contributed by atoms with E-state index in [0.717, 1.165) is 11.3 Å². The highest BCUT2D eigenvalue weighted by Crippen LogP contribution is 2.27. The number of benzene rings is 1. The van der Waals surface area contributed by atoms with Crippen LogP contribution in [0.5, 0.6) is 5.75 Å². The molecule has 10 nitrogen and oxygen atoms in total. The van der Waals surface area contributed by atoms with Crippen molar-refractivity contribution >= 4 is 17.3 Å². The Labute approximate surface area is 165 Å². The van der Waals surface area contributed by atoms with Crippen molar-refractivity contribution < 1.29 is 9.15 Å². The van der Waals surface area contributed by atoms with Crippen molar-refractivity contribution in [3.63, 3.8) is 0 Å². The number of hydrogen-bond acceptors (Lipinski definition) is 7. The van der Waals surface area contributed by atoms with Gasteiger partial charge in [-0.1, -0.05) is 12.1 Å². The molecule has 4 aromatic rings. The number of aryl methyl sites for hydroxylation is 1. The van der Waals surface area contributed by atoms with Gasteiger partial charge in [-0.3, -0.25) is 14.6 Å². The summed E-state index contributed by atoms with van der Waals surface area (Å²) in [6, 6.07) is 11.2. The van der Waals surface area contributed by atoms with E-state index in [1.54, 1.807) is 35.6 Å². The number of ether oxygens (including phenoxy) is 1. The maximum Gasteiger partial charge on any atom is 0.346 e. The Hall–Kier alpha value is -3.79. The third-order valence-electron chi connectivity index (χ3n) is 5.00. The highest BCUT2D eigenvalue weighted by Gasteiger charge is 2.31. The quantitative estimate of drug-likeness (QED) is 0.518. The molecule has 5 rings (SSSR count). The van der Waals surface area contributed by atoms with Gasteiger partial charge in [0.2, 0.25) is 5.78 Å². The molecule has 3 aromatic heterocycles. The van der Waals surface area contributed by atoms with Gasteiger partial charge >= 0.3 is 5.69 Å². The van der Waals surface area contributed by atoms with E-state index in [9.17, 15) is 4.79 Å². The Kier molecular flexibility index (Phi) is 3.81. The fourth-order valence-electron chi connectivity index (χ4n) is 3.55. The van der Waals surface area contributed by atoms with Gasteiger partial charge in [0.1, 0.15) is 23.8 Å². The molecule has 2 N–H and O–H groups in total. The number of methoxy groups -OCH3 is 1. The van der Waals surface area contributed by atoms with Gasteiger partial charge < -0.3 is 9.15 Å². The van der Waals surface area contributed by atoms with Gasteiger partial charge in [-0.15, -0.1) is 0 Å². The Bertz CT molecular complexity index is 1280. The highest BCUT2D eigenvalue weighted by molar-refractivity contribution is 6.14. The summed E-state index contributed by atoms with van der Waals surface area (Å²) >= 11 is 0. The molecule has 0 saturated carbocycles. The standard InChI is InChI=1S/C19H19N7O3/c1-23-19(27)24(10-12-5-7-13(28-2)8-6-12)18-22-17-16(26(18)23)15(21-11-25(17)20)14-4-3-9-29-14/h3-9H,10-11,20H2,1-2H3. The molecule has 4 heterocycles. The summed E-state index contributed by atoms with van der Waals surface area (Å²) in [5.41, 5.74) is 1.98. The van der Waals surface area contributed by atoms with E-state index >= 15 is 0 Å². The van der Waals surface area contributed by atoms with Crippen molar-refractivity contribution in [1.29, 1.82) is 0 Å². The Morgan fingerprint density at radius 1 is 1.24 bits per heavy atom. The molecule has 0 radical (unpaired) electrons. The first-order chi connectivity index (χ1) is 14.1. The summed E-state index contributed by atoms with van der Waals surface area (Å²) in [5.74, 6) is 8.49. The number of hydrazine groups is 1. The summed E-state index contributed by atoms with van der Waals surface area (Å²) in [4.78, 5) is 22.2. The number of furan rings is 1. The van der Waals surface area contributed by atoms with Gasteiger partial charge in [0.25, 0.3) is 0 Å². The number of anilines is 1. The Balaban J connectivity index is 1.68. The lowest BCUT2D eigenvalue weighted by Crippen LogP contribution is -2.37. The van der Waals surface area contributed by atoms with Crippen molar-refractivity contribution in [3.05, 3.63) is 70.2 Å². The smallest absolute Gasteiger partial charge is 0.346 e. The van der Waals surface area contributed by atoms with Crippen LogP contribution in [0.25, 0.3) is 5.78 Å². The van der Waals surface area contributed by atoms with E-state index in [1.165, 1.54) is 9.69 Å². The molecule has 148 valence electrons. The molecular weight excluding hydrogens is 374 g/mol. The molecule has 0 saturated heterocycles. The fourth-order valence-corrected chi connectivity index (χ4v) is 3.55. The summed E-state index contributed by atoms with van der Waals surface area (Å²) in [6.45, 7) is 0.608. The van der Waals surface area contributed by atoms with E-state index < -0.39 is 0 Å². The molecule has 0 spiro atoms. The molecule has 0 atom stereocenters. The van der Waals surface area contributed by atoms with Crippen LogP contribution in [0.2, 0.25) is 0 Å². The molecule has 29 heavy (non-hydrogen) atoms. The molecule has 0 unspecified atom stereocenters. The topological polar surface area (TPSA) is 108 Å². The second kappa shape index (κ2) is 6.38. The summed E-state index contributed by atoms with van der Waals surface area (Å²) in [7, 11) is 3.31. The number of fused-ring (bicyclic) bond motifs is 3. The SMILES string of the molecule is COc1ccc(Cn2c(=O)n(C)n3c4c(nc23)N(N)CN=C4c2ccco2)cc1. The van der Waals surface area contributed by atoms with Crippen LogP contribution in [0.1, 0.15) is 17.0 Å². The maximum absolute atomic E-state index is 13.0. The zero-order valence-corrected chi connectivity index (χ0v) is 15.9. The predicted molar refractivity (Wildman–Crippen MR) is 106 cm³/mol. The van der Waals surface area contributed by atoms with Gasteiger partial charge in [0.15, 0.2) is 11.6 Å². The predicted octanol–water partition coefficient (Wildman–Crippen LogP) is 0.973. The van der Waals surface area contributed by atoms with Crippen molar-refractivity contribution in [2.24, 2.45) is 17.9 Å². The van der Waals surface area contributed by atoms with Crippen molar-refractivity contribution in [2.75, 3.05) is 18.8 Å². The van der Waals surface area contributed by atoms with E-state index in [1.807, 2.05) is 30.3 Å². The minimum Gasteiger partial charge on any atom is -0.497 e. The minimum atomic E-state index is -0.195. The van der Waals surface area contributed by atoms with Gasteiger partial charge in [0, 0.05) is 7.05 Å². The largest absolute Gasteiger partial charge is 0.497 e. The highest BCUT2D eigenvalue weighted by atomic mass is 16.5.